The van der Waals surface area contributed by atoms with Crippen molar-refractivity contribution < 1.29 is 8.78 Å². The van der Waals surface area contributed by atoms with Gasteiger partial charge in [-0.05, 0) is 19.1 Å². The third kappa shape index (κ3) is 2.17. The standard InChI is InChI=1S/C11H7ClF2N2/c1-6-15-10(5-11(12)16-6)8-3-2-7(13)4-9(8)14/h2-5H,1H3. The van der Waals surface area contributed by atoms with Crippen LogP contribution in [0.3, 0.4) is 0 Å². The third-order valence-corrected chi connectivity index (χ3v) is 2.21. The van der Waals surface area contributed by atoms with Crippen molar-refractivity contribution in [1.29, 1.82) is 0 Å². The van der Waals surface area contributed by atoms with Crippen LogP contribution in [0, 0.1) is 18.6 Å². The smallest absolute Gasteiger partial charge is 0.135 e. The van der Waals surface area contributed by atoms with Gasteiger partial charge in [-0.25, -0.2) is 18.7 Å². The topological polar surface area (TPSA) is 25.8 Å². The van der Waals surface area contributed by atoms with Crippen LogP contribution in [0.15, 0.2) is 24.3 Å². The van der Waals surface area contributed by atoms with Crippen LogP contribution < -0.4 is 0 Å². The summed E-state index contributed by atoms with van der Waals surface area (Å²) in [6.45, 7) is 1.65. The maximum atomic E-state index is 13.5. The van der Waals surface area contributed by atoms with Crippen LogP contribution in [-0.4, -0.2) is 9.97 Å². The van der Waals surface area contributed by atoms with Crippen LogP contribution in [0.25, 0.3) is 11.3 Å². The van der Waals surface area contributed by atoms with Crippen molar-refractivity contribution in [3.63, 3.8) is 0 Å². The molecule has 0 atom stereocenters. The summed E-state index contributed by atoms with van der Waals surface area (Å²) < 4.78 is 26.2. The van der Waals surface area contributed by atoms with Gasteiger partial charge in [0.15, 0.2) is 0 Å². The lowest BCUT2D eigenvalue weighted by molar-refractivity contribution is 0.585. The lowest BCUT2D eigenvalue weighted by Gasteiger charge is -2.04. The van der Waals surface area contributed by atoms with E-state index in [4.69, 9.17) is 11.6 Å². The molecule has 82 valence electrons. The van der Waals surface area contributed by atoms with Crippen LogP contribution in [0.2, 0.25) is 5.15 Å². The van der Waals surface area contributed by atoms with E-state index in [0.29, 0.717) is 11.5 Å². The average molecular weight is 241 g/mol. The minimum atomic E-state index is -0.672. The van der Waals surface area contributed by atoms with Gasteiger partial charge in [-0.1, -0.05) is 11.6 Å². The Morgan fingerprint density at radius 2 is 1.88 bits per heavy atom. The number of hydrogen-bond acceptors (Lipinski definition) is 2. The number of benzene rings is 1. The summed E-state index contributed by atoms with van der Waals surface area (Å²) in [7, 11) is 0. The summed E-state index contributed by atoms with van der Waals surface area (Å²) in [4.78, 5) is 7.90. The predicted molar refractivity (Wildman–Crippen MR) is 57.1 cm³/mol. The van der Waals surface area contributed by atoms with Crippen molar-refractivity contribution in [1.82, 2.24) is 9.97 Å². The van der Waals surface area contributed by atoms with Crippen molar-refractivity contribution >= 4 is 11.6 Å². The zero-order valence-electron chi connectivity index (χ0n) is 8.34. The first kappa shape index (κ1) is 11.0. The molecule has 1 aromatic heterocycles. The van der Waals surface area contributed by atoms with Crippen LogP contribution in [-0.2, 0) is 0 Å². The molecule has 1 aromatic carbocycles. The maximum absolute atomic E-state index is 13.5. The molecule has 0 spiro atoms. The largest absolute Gasteiger partial charge is 0.233 e. The van der Waals surface area contributed by atoms with Crippen LogP contribution in [0.1, 0.15) is 5.82 Å². The Balaban J connectivity index is 2.58. The summed E-state index contributed by atoms with van der Waals surface area (Å²) in [6, 6.07) is 4.73. The number of halogens is 3. The molecule has 2 nitrogen and oxygen atoms in total. The molecule has 0 N–H and O–H groups in total. The van der Waals surface area contributed by atoms with Crippen molar-refractivity contribution in [2.45, 2.75) is 6.92 Å². The lowest BCUT2D eigenvalue weighted by Crippen LogP contribution is -1.94. The Morgan fingerprint density at radius 3 is 2.50 bits per heavy atom. The van der Waals surface area contributed by atoms with Crippen molar-refractivity contribution in [3.8, 4) is 11.3 Å². The molecule has 0 saturated carbocycles. The molecule has 0 amide bonds. The molecule has 5 heteroatoms. The summed E-state index contributed by atoms with van der Waals surface area (Å²) in [5.41, 5.74) is 0.545. The fourth-order valence-electron chi connectivity index (χ4n) is 1.37. The van der Waals surface area contributed by atoms with Gasteiger partial charge in [0, 0.05) is 17.7 Å². The zero-order chi connectivity index (χ0) is 11.7. The van der Waals surface area contributed by atoms with Crippen molar-refractivity contribution in [2.75, 3.05) is 0 Å². The van der Waals surface area contributed by atoms with Gasteiger partial charge >= 0.3 is 0 Å². The van der Waals surface area contributed by atoms with E-state index in [1.54, 1.807) is 6.92 Å². The van der Waals surface area contributed by atoms with Gasteiger partial charge in [0.05, 0.1) is 5.69 Å². The molecule has 2 aromatic rings. The molecule has 2 rings (SSSR count). The third-order valence-electron chi connectivity index (χ3n) is 2.01. The Bertz CT molecular complexity index is 523. The lowest BCUT2D eigenvalue weighted by atomic mass is 10.1. The Morgan fingerprint density at radius 1 is 1.12 bits per heavy atom. The first-order valence-corrected chi connectivity index (χ1v) is 4.90. The molecule has 0 aliphatic carbocycles. The molecule has 0 bridgehead atoms. The molecule has 0 fully saturated rings. The SMILES string of the molecule is Cc1nc(Cl)cc(-c2ccc(F)cc2F)n1. The quantitative estimate of drug-likeness (QED) is 0.714. The van der Waals surface area contributed by atoms with Gasteiger partial charge < -0.3 is 0 Å². The van der Waals surface area contributed by atoms with Gasteiger partial charge in [-0.2, -0.15) is 0 Å². The molecule has 0 unspecified atom stereocenters. The van der Waals surface area contributed by atoms with E-state index < -0.39 is 11.6 Å². The second-order valence-corrected chi connectivity index (χ2v) is 3.63. The predicted octanol–water partition coefficient (Wildman–Crippen LogP) is 3.38. The number of rotatable bonds is 1. The normalized spacial score (nSPS) is 10.5. The fraction of sp³-hybridized carbons (Fsp3) is 0.0909. The highest BCUT2D eigenvalue weighted by molar-refractivity contribution is 6.29. The van der Waals surface area contributed by atoms with Crippen molar-refractivity contribution in [2.24, 2.45) is 0 Å². The minimum absolute atomic E-state index is 0.203. The van der Waals surface area contributed by atoms with Crippen LogP contribution >= 0.6 is 11.6 Å². The van der Waals surface area contributed by atoms with Gasteiger partial charge in [0.1, 0.15) is 22.6 Å². The van der Waals surface area contributed by atoms with Gasteiger partial charge in [-0.15, -0.1) is 0 Å². The highest BCUT2D eigenvalue weighted by atomic mass is 35.5. The second-order valence-electron chi connectivity index (χ2n) is 3.25. The summed E-state index contributed by atoms with van der Waals surface area (Å²) in [5, 5.41) is 0.228. The van der Waals surface area contributed by atoms with E-state index in [9.17, 15) is 8.78 Å². The molecular formula is C11H7ClF2N2. The number of aryl methyl sites for hydroxylation is 1. The second kappa shape index (κ2) is 4.14. The molecule has 1 heterocycles. The maximum Gasteiger partial charge on any atom is 0.135 e. The van der Waals surface area contributed by atoms with E-state index in [1.165, 1.54) is 18.2 Å². The average Bonchev–Trinajstić information content (AvgIpc) is 2.15. The first-order valence-electron chi connectivity index (χ1n) is 4.53. The minimum Gasteiger partial charge on any atom is -0.233 e. The molecule has 0 aliphatic rings. The van der Waals surface area contributed by atoms with Crippen molar-refractivity contribution in [3.05, 3.63) is 46.9 Å². The number of aromatic nitrogens is 2. The highest BCUT2D eigenvalue weighted by Crippen LogP contribution is 2.23. The van der Waals surface area contributed by atoms with Gasteiger partial charge in [0.25, 0.3) is 0 Å². The zero-order valence-corrected chi connectivity index (χ0v) is 9.09. The van der Waals surface area contributed by atoms with E-state index in [0.717, 1.165) is 6.07 Å². The number of nitrogens with zero attached hydrogens (tertiary/aromatic N) is 2. The van der Waals surface area contributed by atoms with Gasteiger partial charge in [-0.3, -0.25) is 0 Å². The monoisotopic (exact) mass is 240 g/mol. The summed E-state index contributed by atoms with van der Waals surface area (Å²) in [5.74, 6) is -0.862. The van der Waals surface area contributed by atoms with E-state index in [-0.39, 0.29) is 10.7 Å². The molecular weight excluding hydrogens is 234 g/mol. The first-order chi connectivity index (χ1) is 7.56. The van der Waals surface area contributed by atoms with Crippen LogP contribution in [0.4, 0.5) is 8.78 Å². The highest BCUT2D eigenvalue weighted by Gasteiger charge is 2.09. The number of hydrogen-bond donors (Lipinski definition) is 0. The Kier molecular flexibility index (Phi) is 2.83. The molecule has 0 saturated heterocycles. The Labute approximate surface area is 95.9 Å². The molecule has 0 aliphatic heterocycles. The van der Waals surface area contributed by atoms with Gasteiger partial charge in [0.2, 0.25) is 0 Å². The Hall–Kier alpha value is -1.55. The summed E-state index contributed by atoms with van der Waals surface area (Å²) in [6.07, 6.45) is 0. The van der Waals surface area contributed by atoms with E-state index in [2.05, 4.69) is 9.97 Å². The molecule has 0 radical (unpaired) electrons. The van der Waals surface area contributed by atoms with E-state index in [1.807, 2.05) is 0 Å². The summed E-state index contributed by atoms with van der Waals surface area (Å²) >= 11 is 5.74. The van der Waals surface area contributed by atoms with Crippen LogP contribution in [0.5, 0.6) is 0 Å². The molecule has 16 heavy (non-hydrogen) atoms. The fourth-order valence-corrected chi connectivity index (χ4v) is 1.59. The van der Waals surface area contributed by atoms with E-state index >= 15 is 0 Å².